The van der Waals surface area contributed by atoms with E-state index >= 15 is 0 Å². The first-order valence-electron chi connectivity index (χ1n) is 7.76. The van der Waals surface area contributed by atoms with Crippen LogP contribution in [0.3, 0.4) is 0 Å². The van der Waals surface area contributed by atoms with Crippen LogP contribution in [-0.2, 0) is 9.53 Å². The van der Waals surface area contributed by atoms with Crippen LogP contribution < -0.4 is 5.32 Å². The lowest BCUT2D eigenvalue weighted by Crippen LogP contribution is -2.45. The minimum atomic E-state index is -0.927. The highest BCUT2D eigenvalue weighted by molar-refractivity contribution is 5.96. The number of carbonyl (C=O) groups is 3. The maximum absolute atomic E-state index is 12.7. The summed E-state index contributed by atoms with van der Waals surface area (Å²) in [7, 11) is 1.50. The van der Waals surface area contributed by atoms with Crippen LogP contribution in [0.2, 0.25) is 0 Å². The highest BCUT2D eigenvalue weighted by Crippen LogP contribution is 2.42. The van der Waals surface area contributed by atoms with Gasteiger partial charge in [-0.05, 0) is 18.6 Å². The first kappa shape index (κ1) is 16.4. The average Bonchev–Trinajstić information content (AvgIpc) is 3.01. The number of pyridine rings is 1. The van der Waals surface area contributed by atoms with Crippen molar-refractivity contribution in [2.24, 2.45) is 11.3 Å². The summed E-state index contributed by atoms with van der Waals surface area (Å²) < 4.78 is 5.39. The molecule has 0 unspecified atom stereocenters. The Morgan fingerprint density at radius 2 is 2.21 bits per heavy atom. The summed E-state index contributed by atoms with van der Waals surface area (Å²) in [6.07, 6.45) is 1.75. The molecule has 2 aliphatic heterocycles. The predicted molar refractivity (Wildman–Crippen MR) is 82.5 cm³/mol. The molecule has 2 amide bonds. The summed E-state index contributed by atoms with van der Waals surface area (Å²) in [5, 5.41) is 12.1. The van der Waals surface area contributed by atoms with Crippen molar-refractivity contribution in [2.75, 3.05) is 33.4 Å². The molecule has 8 heteroatoms. The number of fused-ring (bicyclic) bond motifs is 1. The smallest absolute Gasteiger partial charge is 0.311 e. The molecule has 2 N–H and O–H groups in total. The lowest BCUT2D eigenvalue weighted by Gasteiger charge is -2.33. The van der Waals surface area contributed by atoms with E-state index in [0.717, 1.165) is 0 Å². The Bertz CT molecular complexity index is 675. The zero-order chi connectivity index (χ0) is 17.3. The van der Waals surface area contributed by atoms with Crippen molar-refractivity contribution >= 4 is 17.8 Å². The van der Waals surface area contributed by atoms with E-state index in [-0.39, 0.29) is 30.0 Å². The number of rotatable bonds is 3. The van der Waals surface area contributed by atoms with Crippen LogP contribution in [0, 0.1) is 11.3 Å². The molecule has 2 saturated heterocycles. The second-order valence-corrected chi connectivity index (χ2v) is 6.18. The van der Waals surface area contributed by atoms with Gasteiger partial charge < -0.3 is 20.1 Å². The van der Waals surface area contributed by atoms with Gasteiger partial charge in [-0.25, -0.2) is 0 Å². The molecule has 1 aromatic heterocycles. The van der Waals surface area contributed by atoms with Gasteiger partial charge in [-0.3, -0.25) is 19.4 Å². The van der Waals surface area contributed by atoms with Crippen molar-refractivity contribution < 1.29 is 24.2 Å². The lowest BCUT2D eigenvalue weighted by atomic mass is 9.74. The van der Waals surface area contributed by atoms with Crippen molar-refractivity contribution in [3.63, 3.8) is 0 Å². The van der Waals surface area contributed by atoms with Gasteiger partial charge in [0.1, 0.15) is 5.69 Å². The van der Waals surface area contributed by atoms with Crippen LogP contribution >= 0.6 is 0 Å². The fourth-order valence-corrected chi connectivity index (χ4v) is 3.42. The van der Waals surface area contributed by atoms with Gasteiger partial charge in [0.2, 0.25) is 0 Å². The Kier molecular flexibility index (Phi) is 4.23. The number of amides is 2. The lowest BCUT2D eigenvalue weighted by molar-refractivity contribution is -0.157. The maximum Gasteiger partial charge on any atom is 0.311 e. The molecule has 0 bridgehead atoms. The largest absolute Gasteiger partial charge is 0.481 e. The molecule has 0 spiro atoms. The topological polar surface area (TPSA) is 109 Å². The standard InChI is InChI=1S/C16H19N3O5/c1-17-13(20)12-3-2-10(6-18-12)14(21)19-7-11-8-24-5-4-16(11,9-19)15(22)23/h2-3,6,11H,4-5,7-9H2,1H3,(H,17,20)(H,22,23)/t11-,16+/m0/s1. The maximum atomic E-state index is 12.7. The summed E-state index contributed by atoms with van der Waals surface area (Å²) in [5.74, 6) is -1.69. The average molecular weight is 333 g/mol. The summed E-state index contributed by atoms with van der Waals surface area (Å²) >= 11 is 0. The summed E-state index contributed by atoms with van der Waals surface area (Å²) in [6, 6.07) is 3.01. The third-order valence-electron chi connectivity index (χ3n) is 4.89. The third-order valence-corrected chi connectivity index (χ3v) is 4.89. The number of ether oxygens (including phenoxy) is 1. The van der Waals surface area contributed by atoms with Gasteiger partial charge in [-0.15, -0.1) is 0 Å². The molecular formula is C16H19N3O5. The molecule has 3 heterocycles. The first-order chi connectivity index (χ1) is 11.5. The number of likely N-dealkylation sites (tertiary alicyclic amines) is 1. The summed E-state index contributed by atoms with van der Waals surface area (Å²) in [4.78, 5) is 41.4. The molecule has 2 aliphatic rings. The van der Waals surface area contributed by atoms with Gasteiger partial charge in [0.15, 0.2) is 0 Å². The fourth-order valence-electron chi connectivity index (χ4n) is 3.42. The van der Waals surface area contributed by atoms with E-state index < -0.39 is 11.4 Å². The monoisotopic (exact) mass is 333 g/mol. The van der Waals surface area contributed by atoms with Crippen LogP contribution in [0.4, 0.5) is 0 Å². The van der Waals surface area contributed by atoms with Gasteiger partial charge in [-0.1, -0.05) is 0 Å². The number of carboxylic acids is 1. The third kappa shape index (κ3) is 2.62. The summed E-state index contributed by atoms with van der Waals surface area (Å²) in [6.45, 7) is 1.27. The van der Waals surface area contributed by atoms with Gasteiger partial charge in [-0.2, -0.15) is 0 Å². The molecule has 3 rings (SSSR count). The van der Waals surface area contributed by atoms with E-state index in [1.165, 1.54) is 25.4 Å². The molecule has 0 saturated carbocycles. The Morgan fingerprint density at radius 1 is 1.42 bits per heavy atom. The number of aliphatic carboxylic acids is 1. The van der Waals surface area contributed by atoms with Gasteiger partial charge >= 0.3 is 5.97 Å². The second-order valence-electron chi connectivity index (χ2n) is 6.18. The van der Waals surface area contributed by atoms with Crippen molar-refractivity contribution in [1.29, 1.82) is 0 Å². The Morgan fingerprint density at radius 3 is 2.79 bits per heavy atom. The van der Waals surface area contributed by atoms with Crippen molar-refractivity contribution in [1.82, 2.24) is 15.2 Å². The highest BCUT2D eigenvalue weighted by atomic mass is 16.5. The molecule has 2 atom stereocenters. The molecule has 24 heavy (non-hydrogen) atoms. The van der Waals surface area contributed by atoms with E-state index in [1.807, 2.05) is 0 Å². The Balaban J connectivity index is 1.78. The van der Waals surface area contributed by atoms with Gasteiger partial charge in [0.05, 0.1) is 17.6 Å². The van der Waals surface area contributed by atoms with Gasteiger partial charge in [0.25, 0.3) is 11.8 Å². The highest BCUT2D eigenvalue weighted by Gasteiger charge is 2.54. The van der Waals surface area contributed by atoms with E-state index in [4.69, 9.17) is 4.74 Å². The van der Waals surface area contributed by atoms with E-state index in [0.29, 0.717) is 31.7 Å². The van der Waals surface area contributed by atoms with Crippen molar-refractivity contribution in [3.05, 3.63) is 29.6 Å². The molecule has 1 aromatic rings. The SMILES string of the molecule is CNC(=O)c1ccc(C(=O)N2C[C@H]3COCC[C@@]3(C(=O)O)C2)cn1. The predicted octanol–water partition coefficient (Wildman–Crippen LogP) is 0.00450. The van der Waals surface area contributed by atoms with Crippen LogP contribution in [0.5, 0.6) is 0 Å². The zero-order valence-electron chi connectivity index (χ0n) is 13.3. The Hall–Kier alpha value is -2.48. The summed E-state index contributed by atoms with van der Waals surface area (Å²) in [5.41, 5.74) is -0.370. The number of nitrogens with one attached hydrogen (secondary N) is 1. The number of hydrogen-bond donors (Lipinski definition) is 2. The molecule has 128 valence electrons. The number of hydrogen-bond acceptors (Lipinski definition) is 5. The molecule has 8 nitrogen and oxygen atoms in total. The number of aromatic nitrogens is 1. The molecule has 0 aromatic carbocycles. The fraction of sp³-hybridized carbons (Fsp3) is 0.500. The minimum absolute atomic E-state index is 0.173. The van der Waals surface area contributed by atoms with Crippen LogP contribution in [0.15, 0.2) is 18.3 Å². The number of carbonyl (C=O) groups excluding carboxylic acids is 2. The molecule has 2 fully saturated rings. The van der Waals surface area contributed by atoms with Crippen molar-refractivity contribution in [2.45, 2.75) is 6.42 Å². The molecule has 0 radical (unpaired) electrons. The van der Waals surface area contributed by atoms with E-state index in [1.54, 1.807) is 4.90 Å². The van der Waals surface area contributed by atoms with Crippen LogP contribution in [0.25, 0.3) is 0 Å². The molecular weight excluding hydrogens is 314 g/mol. The number of nitrogens with zero attached hydrogens (tertiary/aromatic N) is 2. The second kappa shape index (κ2) is 6.20. The number of carboxylic acid groups (broad SMARTS) is 1. The normalized spacial score (nSPS) is 25.9. The van der Waals surface area contributed by atoms with E-state index in [9.17, 15) is 19.5 Å². The Labute approximate surface area is 138 Å². The molecule has 0 aliphatic carbocycles. The van der Waals surface area contributed by atoms with Crippen molar-refractivity contribution in [3.8, 4) is 0 Å². The van der Waals surface area contributed by atoms with Crippen LogP contribution in [-0.4, -0.2) is 66.1 Å². The quantitative estimate of drug-likeness (QED) is 0.806. The zero-order valence-corrected chi connectivity index (χ0v) is 13.3. The van der Waals surface area contributed by atoms with Gasteiger partial charge in [0, 0.05) is 38.9 Å². The first-order valence-corrected chi connectivity index (χ1v) is 7.76. The van der Waals surface area contributed by atoms with E-state index in [2.05, 4.69) is 10.3 Å². The van der Waals surface area contributed by atoms with Crippen LogP contribution in [0.1, 0.15) is 27.3 Å². The minimum Gasteiger partial charge on any atom is -0.481 e.